The first-order chi connectivity index (χ1) is 19.5. The number of ketones is 2. The maximum atomic E-state index is 13.8. The zero-order chi connectivity index (χ0) is 28.2. The van der Waals surface area contributed by atoms with Crippen molar-refractivity contribution >= 4 is 22.9 Å². The van der Waals surface area contributed by atoms with Gasteiger partial charge in [0.2, 0.25) is 0 Å². The van der Waals surface area contributed by atoms with Gasteiger partial charge in [0.05, 0.1) is 37.7 Å². The molecule has 0 amide bonds. The van der Waals surface area contributed by atoms with Crippen LogP contribution in [-0.2, 0) is 6.42 Å². The summed E-state index contributed by atoms with van der Waals surface area (Å²) < 4.78 is 23.5. The van der Waals surface area contributed by atoms with Crippen LogP contribution in [0.25, 0.3) is 5.57 Å². The first-order valence-corrected chi connectivity index (χ1v) is 13.8. The monoisotopic (exact) mass is 539 g/mol. The second-order valence-electron chi connectivity index (χ2n) is 9.28. The van der Waals surface area contributed by atoms with Crippen LogP contribution in [0, 0.1) is 0 Å². The highest BCUT2D eigenvalue weighted by Crippen LogP contribution is 2.41. The van der Waals surface area contributed by atoms with Gasteiger partial charge in [-0.1, -0.05) is 30.3 Å². The van der Waals surface area contributed by atoms with Crippen LogP contribution in [0.1, 0.15) is 65.1 Å². The molecule has 0 unspecified atom stereocenters. The molecule has 0 saturated heterocycles. The number of allylic oxidation sites excluding steroid dienone is 2. The highest BCUT2D eigenvalue weighted by Gasteiger charge is 2.38. The molecule has 0 saturated carbocycles. The van der Waals surface area contributed by atoms with Gasteiger partial charge in [0.1, 0.15) is 0 Å². The molecule has 0 fully saturated rings. The Morgan fingerprint density at radius 3 is 1.82 bits per heavy atom. The van der Waals surface area contributed by atoms with Gasteiger partial charge in [0.25, 0.3) is 0 Å². The van der Waals surface area contributed by atoms with Crippen molar-refractivity contribution in [3.05, 3.63) is 88.0 Å². The van der Waals surface area contributed by atoms with Gasteiger partial charge in [-0.25, -0.2) is 0 Å². The molecule has 7 heteroatoms. The summed E-state index contributed by atoms with van der Waals surface area (Å²) in [6, 6.07) is 16.3. The number of Topliss-reactive ketones (excluding diaryl/α,β-unsaturated/α-hetero) is 2. The second-order valence-corrected chi connectivity index (χ2v) is 9.28. The minimum absolute atomic E-state index is 0.103. The van der Waals surface area contributed by atoms with Crippen molar-refractivity contribution in [3.63, 3.8) is 0 Å². The van der Waals surface area contributed by atoms with Crippen molar-refractivity contribution in [2.24, 2.45) is 4.99 Å². The van der Waals surface area contributed by atoms with E-state index in [4.69, 9.17) is 23.9 Å². The van der Waals surface area contributed by atoms with Crippen LogP contribution in [0.3, 0.4) is 0 Å². The van der Waals surface area contributed by atoms with E-state index < -0.39 is 0 Å². The number of aliphatic imine (C=N–C) groups is 1. The van der Waals surface area contributed by atoms with Crippen molar-refractivity contribution in [2.75, 3.05) is 33.0 Å². The fraction of sp³-hybridized carbons (Fsp3) is 0.303. The molecule has 5 rings (SSSR count). The van der Waals surface area contributed by atoms with Crippen LogP contribution in [0.4, 0.5) is 0 Å². The molecule has 1 heterocycles. The molecule has 2 aliphatic rings. The van der Waals surface area contributed by atoms with Crippen LogP contribution in [0.5, 0.6) is 23.0 Å². The first-order valence-electron chi connectivity index (χ1n) is 13.8. The Morgan fingerprint density at radius 1 is 0.675 bits per heavy atom. The van der Waals surface area contributed by atoms with Gasteiger partial charge in [-0.2, -0.15) is 0 Å². The Kier molecular flexibility index (Phi) is 8.01. The van der Waals surface area contributed by atoms with Crippen molar-refractivity contribution < 1.29 is 28.5 Å². The summed E-state index contributed by atoms with van der Waals surface area (Å²) in [5.74, 6) is 1.76. The van der Waals surface area contributed by atoms with Crippen molar-refractivity contribution in [1.29, 1.82) is 0 Å². The maximum Gasteiger partial charge on any atom is 0.198 e. The molecule has 3 aromatic rings. The Morgan fingerprint density at radius 2 is 1.23 bits per heavy atom. The van der Waals surface area contributed by atoms with E-state index in [-0.39, 0.29) is 17.1 Å². The predicted octanol–water partition coefficient (Wildman–Crippen LogP) is 6.16. The van der Waals surface area contributed by atoms with Crippen LogP contribution >= 0.6 is 0 Å². The summed E-state index contributed by atoms with van der Waals surface area (Å²) >= 11 is 0. The number of benzene rings is 3. The van der Waals surface area contributed by atoms with Gasteiger partial charge >= 0.3 is 0 Å². The van der Waals surface area contributed by atoms with Crippen molar-refractivity contribution in [1.82, 2.24) is 0 Å². The third-order valence-electron chi connectivity index (χ3n) is 6.86. The Hall–Kier alpha value is -4.39. The number of nitrogens with zero attached hydrogens (tertiary/aromatic N) is 1. The number of carbonyl (C=O) groups excluding carboxylic acids is 2. The topological polar surface area (TPSA) is 83.4 Å². The SMILES string of the molecule is CCOc1ccc(C(C2=NCCc3cc(OCC)c(OCC)cc32)=C2C(=O)c3ccccc3C2=O)cc1OCC. The zero-order valence-electron chi connectivity index (χ0n) is 23.3. The Labute approximate surface area is 234 Å². The number of carbonyl (C=O) groups is 2. The molecule has 3 aromatic carbocycles. The number of ether oxygens (including phenoxy) is 4. The van der Waals surface area contributed by atoms with Gasteiger partial charge < -0.3 is 18.9 Å². The standard InChI is InChI=1S/C33H33NO6/c1-5-37-25-14-13-21(18-26(25)38-6-2)29(30-32(35)22-11-9-10-12-23(22)33(30)36)31-24-19-28(40-8-4)27(39-7-3)17-20(24)15-16-34-31/h9-14,17-19H,5-8,15-16H2,1-4H3. The molecule has 0 bridgehead atoms. The average Bonchev–Trinajstić information content (AvgIpc) is 3.21. The smallest absolute Gasteiger partial charge is 0.198 e. The van der Waals surface area contributed by atoms with Gasteiger partial charge in [-0.15, -0.1) is 0 Å². The van der Waals surface area contributed by atoms with E-state index in [9.17, 15) is 9.59 Å². The summed E-state index contributed by atoms with van der Waals surface area (Å²) in [5, 5.41) is 0. The molecule has 7 nitrogen and oxygen atoms in total. The van der Waals surface area contributed by atoms with E-state index in [1.165, 1.54) is 0 Å². The van der Waals surface area contributed by atoms with Crippen LogP contribution < -0.4 is 18.9 Å². The second kappa shape index (κ2) is 11.8. The molecule has 1 aliphatic carbocycles. The summed E-state index contributed by atoms with van der Waals surface area (Å²) in [6.07, 6.45) is 0.698. The molecule has 0 radical (unpaired) electrons. The molecule has 1 aliphatic heterocycles. The summed E-state index contributed by atoms with van der Waals surface area (Å²) in [7, 11) is 0. The Bertz CT molecular complexity index is 1500. The normalized spacial score (nSPS) is 13.9. The molecule has 0 spiro atoms. The lowest BCUT2D eigenvalue weighted by Gasteiger charge is -2.23. The number of rotatable bonds is 10. The Balaban J connectivity index is 1.77. The van der Waals surface area contributed by atoms with Gasteiger partial charge in [0, 0.05) is 28.8 Å². The van der Waals surface area contributed by atoms with Crippen LogP contribution in [0.2, 0.25) is 0 Å². The highest BCUT2D eigenvalue weighted by atomic mass is 16.5. The molecule has 206 valence electrons. The molecule has 40 heavy (non-hydrogen) atoms. The zero-order valence-corrected chi connectivity index (χ0v) is 23.3. The van der Waals surface area contributed by atoms with Gasteiger partial charge in [-0.3, -0.25) is 14.6 Å². The lowest BCUT2D eigenvalue weighted by molar-refractivity contribution is 0.0990. The van der Waals surface area contributed by atoms with E-state index in [0.717, 1.165) is 11.1 Å². The predicted molar refractivity (Wildman–Crippen MR) is 155 cm³/mol. The quantitative estimate of drug-likeness (QED) is 0.227. The van der Waals surface area contributed by atoms with E-state index in [1.807, 2.05) is 58.0 Å². The van der Waals surface area contributed by atoms with Gasteiger partial charge in [-0.05, 0) is 69.5 Å². The third-order valence-corrected chi connectivity index (χ3v) is 6.86. The minimum atomic E-state index is -0.312. The van der Waals surface area contributed by atoms with Crippen molar-refractivity contribution in [2.45, 2.75) is 34.1 Å². The maximum absolute atomic E-state index is 13.8. The lowest BCUT2D eigenvalue weighted by atomic mass is 9.85. The summed E-state index contributed by atoms with van der Waals surface area (Å²) in [5.41, 5.74) is 4.42. The molecule has 0 aromatic heterocycles. The number of hydrogen-bond acceptors (Lipinski definition) is 7. The summed E-state index contributed by atoms with van der Waals surface area (Å²) in [6.45, 7) is 10.0. The number of hydrogen-bond donors (Lipinski definition) is 0. The molecule has 0 atom stereocenters. The third kappa shape index (κ3) is 4.88. The van der Waals surface area contributed by atoms with Crippen molar-refractivity contribution in [3.8, 4) is 23.0 Å². The molecule has 0 N–H and O–H groups in total. The highest BCUT2D eigenvalue weighted by molar-refractivity contribution is 6.49. The lowest BCUT2D eigenvalue weighted by Crippen LogP contribution is -2.19. The number of fused-ring (bicyclic) bond motifs is 2. The molecular weight excluding hydrogens is 506 g/mol. The largest absolute Gasteiger partial charge is 0.490 e. The van der Waals surface area contributed by atoms with Gasteiger partial charge in [0.15, 0.2) is 34.6 Å². The minimum Gasteiger partial charge on any atom is -0.490 e. The van der Waals surface area contributed by atoms with Crippen LogP contribution in [0.15, 0.2) is 65.2 Å². The van der Waals surface area contributed by atoms with E-state index >= 15 is 0 Å². The fourth-order valence-electron chi connectivity index (χ4n) is 5.24. The van der Waals surface area contributed by atoms with Crippen LogP contribution in [-0.4, -0.2) is 50.3 Å². The summed E-state index contributed by atoms with van der Waals surface area (Å²) in [4.78, 5) is 32.6. The average molecular weight is 540 g/mol. The van der Waals surface area contributed by atoms with E-state index in [2.05, 4.69) is 0 Å². The molecular formula is C33H33NO6. The fourth-order valence-corrected chi connectivity index (χ4v) is 5.24. The van der Waals surface area contributed by atoms with E-state index in [0.29, 0.717) is 90.4 Å². The first kappa shape index (κ1) is 27.2. The van der Waals surface area contributed by atoms with E-state index in [1.54, 1.807) is 24.3 Å².